The molecule has 0 radical (unpaired) electrons. The van der Waals surface area contributed by atoms with Crippen molar-refractivity contribution in [3.8, 4) is 11.6 Å². The summed E-state index contributed by atoms with van der Waals surface area (Å²) in [4.78, 5) is 21.8. The monoisotopic (exact) mass is 397 g/mol. The van der Waals surface area contributed by atoms with Crippen molar-refractivity contribution in [3.63, 3.8) is 0 Å². The molecule has 2 heterocycles. The molecule has 5 nitrogen and oxygen atoms in total. The van der Waals surface area contributed by atoms with Crippen molar-refractivity contribution in [1.82, 2.24) is 14.5 Å². The van der Waals surface area contributed by atoms with Crippen LogP contribution in [0.3, 0.4) is 0 Å². The normalized spacial score (nSPS) is 11.3. The Morgan fingerprint density at radius 1 is 0.967 bits per heavy atom. The lowest BCUT2D eigenvalue weighted by Gasteiger charge is -2.25. The third kappa shape index (κ3) is 3.87. The van der Waals surface area contributed by atoms with Crippen LogP contribution in [-0.2, 0) is 12.5 Å². The molecule has 4 aromatic rings. The van der Waals surface area contributed by atoms with Crippen LogP contribution in [-0.4, -0.2) is 20.3 Å². The highest BCUT2D eigenvalue weighted by Gasteiger charge is 2.30. The van der Waals surface area contributed by atoms with Gasteiger partial charge in [-0.1, -0.05) is 48.5 Å². The van der Waals surface area contributed by atoms with E-state index in [1.165, 1.54) is 0 Å². The average molecular weight is 397 g/mol. The first-order valence-electron chi connectivity index (χ1n) is 9.78. The molecule has 2 aromatic heterocycles. The molecule has 0 aliphatic rings. The Morgan fingerprint density at radius 2 is 1.73 bits per heavy atom. The van der Waals surface area contributed by atoms with E-state index >= 15 is 0 Å². The van der Waals surface area contributed by atoms with Gasteiger partial charge < -0.3 is 9.30 Å². The van der Waals surface area contributed by atoms with Crippen molar-refractivity contribution in [2.45, 2.75) is 19.3 Å². The largest absolute Gasteiger partial charge is 0.439 e. The summed E-state index contributed by atoms with van der Waals surface area (Å²) in [6.45, 7) is 4.18. The number of carbonyl (C=O) groups is 1. The lowest BCUT2D eigenvalue weighted by atomic mass is 9.83. The highest BCUT2D eigenvalue weighted by molar-refractivity contribution is 6.07. The molecule has 0 fully saturated rings. The van der Waals surface area contributed by atoms with E-state index in [4.69, 9.17) is 9.72 Å². The minimum Gasteiger partial charge on any atom is -0.439 e. The molecule has 30 heavy (non-hydrogen) atoms. The molecule has 0 saturated carbocycles. The van der Waals surface area contributed by atoms with E-state index in [2.05, 4.69) is 18.8 Å². The number of benzene rings is 2. The van der Waals surface area contributed by atoms with Crippen molar-refractivity contribution in [1.29, 1.82) is 0 Å². The van der Waals surface area contributed by atoms with E-state index in [1.54, 1.807) is 24.5 Å². The molecule has 5 heteroatoms. The maximum Gasteiger partial charge on any atom is 0.219 e. The van der Waals surface area contributed by atoms with Crippen LogP contribution in [0.25, 0.3) is 0 Å². The van der Waals surface area contributed by atoms with E-state index < -0.39 is 5.41 Å². The molecule has 2 aromatic carbocycles. The van der Waals surface area contributed by atoms with Crippen molar-refractivity contribution in [3.05, 3.63) is 108 Å². The molecule has 0 bridgehead atoms. The van der Waals surface area contributed by atoms with Crippen molar-refractivity contribution in [2.24, 2.45) is 7.05 Å². The van der Waals surface area contributed by atoms with Crippen LogP contribution in [0, 0.1) is 0 Å². The van der Waals surface area contributed by atoms with Crippen LogP contribution in [0.4, 0.5) is 0 Å². The maximum absolute atomic E-state index is 12.8. The standard InChI is InChI=1S/C25H23N3O2/c1-25(2,19-12-9-13-20(16-19)30-22-14-7-8-15-26-22)24-27-21(17-28(24)3)23(29)18-10-5-4-6-11-18/h4-17H,1-3H3. The Bertz CT molecular complexity index is 1170. The Morgan fingerprint density at radius 3 is 2.47 bits per heavy atom. The summed E-state index contributed by atoms with van der Waals surface area (Å²) in [6, 6.07) is 22.6. The van der Waals surface area contributed by atoms with Gasteiger partial charge in [0, 0.05) is 36.5 Å². The number of aryl methyl sites for hydroxylation is 1. The summed E-state index contributed by atoms with van der Waals surface area (Å²) in [5, 5.41) is 0. The molecule has 0 spiro atoms. The molecule has 150 valence electrons. The Balaban J connectivity index is 1.65. The molecular weight excluding hydrogens is 374 g/mol. The van der Waals surface area contributed by atoms with E-state index in [1.807, 2.05) is 72.3 Å². The number of pyridine rings is 1. The van der Waals surface area contributed by atoms with Crippen molar-refractivity contribution < 1.29 is 9.53 Å². The number of nitrogens with zero attached hydrogens (tertiary/aromatic N) is 3. The third-order valence-electron chi connectivity index (χ3n) is 5.12. The second-order valence-electron chi connectivity index (χ2n) is 7.68. The number of carbonyl (C=O) groups excluding carboxylic acids is 1. The first kappa shape index (κ1) is 19.6. The number of ketones is 1. The number of aromatic nitrogens is 3. The highest BCUT2D eigenvalue weighted by Crippen LogP contribution is 2.33. The molecule has 0 atom stereocenters. The SMILES string of the molecule is Cn1cc(C(=O)c2ccccc2)nc1C(C)(C)c1cccc(Oc2ccccn2)c1. The number of rotatable bonds is 6. The topological polar surface area (TPSA) is 57.0 Å². The first-order chi connectivity index (χ1) is 14.4. The van der Waals surface area contributed by atoms with Crippen LogP contribution in [0.15, 0.2) is 85.2 Å². The summed E-state index contributed by atoms with van der Waals surface area (Å²) in [5.74, 6) is 1.96. The average Bonchev–Trinajstić information content (AvgIpc) is 3.17. The predicted octanol–water partition coefficient (Wildman–Crippen LogP) is 5.16. The Labute approximate surface area is 176 Å². The molecule has 4 rings (SSSR count). The van der Waals surface area contributed by atoms with Gasteiger partial charge in [-0.3, -0.25) is 4.79 Å². The fraction of sp³-hybridized carbons (Fsp3) is 0.160. The van der Waals surface area contributed by atoms with Gasteiger partial charge in [-0.05, 0) is 37.6 Å². The maximum atomic E-state index is 12.8. The second-order valence-corrected chi connectivity index (χ2v) is 7.68. The lowest BCUT2D eigenvalue weighted by Crippen LogP contribution is -2.23. The van der Waals surface area contributed by atoms with Crippen LogP contribution < -0.4 is 4.74 Å². The number of ether oxygens (including phenoxy) is 1. The second kappa shape index (κ2) is 7.95. The third-order valence-corrected chi connectivity index (χ3v) is 5.12. The minimum atomic E-state index is -0.437. The minimum absolute atomic E-state index is 0.0829. The number of hydrogen-bond donors (Lipinski definition) is 0. The summed E-state index contributed by atoms with van der Waals surface area (Å²) in [6.07, 6.45) is 3.49. The summed E-state index contributed by atoms with van der Waals surface area (Å²) in [5.41, 5.74) is 1.66. The van der Waals surface area contributed by atoms with Gasteiger partial charge in [-0.2, -0.15) is 0 Å². The smallest absolute Gasteiger partial charge is 0.219 e. The molecule has 0 aliphatic carbocycles. The van der Waals surface area contributed by atoms with Crippen LogP contribution in [0.1, 0.15) is 41.3 Å². The zero-order valence-electron chi connectivity index (χ0n) is 17.2. The van der Waals surface area contributed by atoms with Gasteiger partial charge in [0.2, 0.25) is 11.7 Å². The van der Waals surface area contributed by atoms with Crippen molar-refractivity contribution in [2.75, 3.05) is 0 Å². The van der Waals surface area contributed by atoms with Gasteiger partial charge in [-0.25, -0.2) is 9.97 Å². The van der Waals surface area contributed by atoms with E-state index in [9.17, 15) is 4.79 Å². The predicted molar refractivity (Wildman–Crippen MR) is 116 cm³/mol. The van der Waals surface area contributed by atoms with E-state index in [0.717, 1.165) is 11.4 Å². The fourth-order valence-electron chi connectivity index (χ4n) is 3.50. The summed E-state index contributed by atoms with van der Waals surface area (Å²) >= 11 is 0. The van der Waals surface area contributed by atoms with Gasteiger partial charge in [0.15, 0.2) is 0 Å². The highest BCUT2D eigenvalue weighted by atomic mass is 16.5. The zero-order valence-corrected chi connectivity index (χ0v) is 17.2. The number of hydrogen-bond acceptors (Lipinski definition) is 4. The quantitative estimate of drug-likeness (QED) is 0.422. The van der Waals surface area contributed by atoms with Gasteiger partial charge in [0.05, 0.1) is 0 Å². The first-order valence-corrected chi connectivity index (χ1v) is 9.78. The fourth-order valence-corrected chi connectivity index (χ4v) is 3.50. The van der Waals surface area contributed by atoms with Crippen LogP contribution >= 0.6 is 0 Å². The lowest BCUT2D eigenvalue weighted by molar-refractivity contribution is 0.103. The van der Waals surface area contributed by atoms with Crippen LogP contribution in [0.5, 0.6) is 11.6 Å². The van der Waals surface area contributed by atoms with Crippen LogP contribution in [0.2, 0.25) is 0 Å². The van der Waals surface area contributed by atoms with Gasteiger partial charge in [0.25, 0.3) is 0 Å². The van der Waals surface area contributed by atoms with E-state index in [0.29, 0.717) is 22.9 Å². The summed E-state index contributed by atoms with van der Waals surface area (Å²) in [7, 11) is 1.92. The molecular formula is C25H23N3O2. The van der Waals surface area contributed by atoms with Gasteiger partial charge in [-0.15, -0.1) is 0 Å². The Hall–Kier alpha value is -3.73. The van der Waals surface area contributed by atoms with Gasteiger partial charge >= 0.3 is 0 Å². The number of imidazole rings is 1. The molecule has 0 N–H and O–H groups in total. The van der Waals surface area contributed by atoms with Gasteiger partial charge in [0.1, 0.15) is 17.3 Å². The summed E-state index contributed by atoms with van der Waals surface area (Å²) < 4.78 is 7.81. The van der Waals surface area contributed by atoms with E-state index in [-0.39, 0.29) is 5.78 Å². The Kier molecular flexibility index (Phi) is 5.19. The molecule has 0 saturated heterocycles. The van der Waals surface area contributed by atoms with Crippen molar-refractivity contribution >= 4 is 5.78 Å². The molecule has 0 amide bonds. The zero-order chi connectivity index (χ0) is 21.1. The molecule has 0 unspecified atom stereocenters. The molecule has 0 aliphatic heterocycles.